The summed E-state index contributed by atoms with van der Waals surface area (Å²) >= 11 is 0. The number of alkyl halides is 1. The van der Waals surface area contributed by atoms with Crippen molar-refractivity contribution in [3.8, 4) is 11.5 Å². The molecule has 0 aliphatic rings. The number of nitrogens with two attached hydrogens (primary N) is 1. The molecule has 0 aliphatic heterocycles. The molecular formula is C15H24FN2O6P. The van der Waals surface area contributed by atoms with Gasteiger partial charge in [0.15, 0.2) is 11.5 Å². The van der Waals surface area contributed by atoms with Gasteiger partial charge in [-0.05, 0) is 37.1 Å². The van der Waals surface area contributed by atoms with Gasteiger partial charge in [0.1, 0.15) is 0 Å². The molecule has 0 radical (unpaired) electrons. The number of methoxy groups -OCH3 is 1. The summed E-state index contributed by atoms with van der Waals surface area (Å²) < 4.78 is 34.5. The number of hydrogen-bond acceptors (Lipinski definition) is 5. The third-order valence-electron chi connectivity index (χ3n) is 3.36. The Bertz CT molecular complexity index is 610. The molecule has 1 rings (SSSR count). The van der Waals surface area contributed by atoms with Gasteiger partial charge in [-0.2, -0.15) is 0 Å². The molecule has 1 aromatic rings. The summed E-state index contributed by atoms with van der Waals surface area (Å²) in [5.41, 5.74) is 5.38. The van der Waals surface area contributed by atoms with E-state index in [1.807, 2.05) is 0 Å². The molecule has 0 aromatic heterocycles. The Morgan fingerprint density at radius 2 is 1.96 bits per heavy atom. The number of phosphoric ester groups is 1. The lowest BCUT2D eigenvalue weighted by Crippen LogP contribution is -2.28. The van der Waals surface area contributed by atoms with E-state index in [9.17, 15) is 13.8 Å². The van der Waals surface area contributed by atoms with E-state index in [1.165, 1.54) is 13.2 Å². The summed E-state index contributed by atoms with van der Waals surface area (Å²) in [4.78, 5) is 29.5. The van der Waals surface area contributed by atoms with Crippen molar-refractivity contribution in [2.75, 3.05) is 20.2 Å². The summed E-state index contributed by atoms with van der Waals surface area (Å²) in [6, 6.07) is 3.51. The van der Waals surface area contributed by atoms with Crippen LogP contribution in [0.25, 0.3) is 0 Å². The molecule has 0 spiro atoms. The van der Waals surface area contributed by atoms with Crippen molar-refractivity contribution >= 4 is 13.7 Å². The van der Waals surface area contributed by atoms with Gasteiger partial charge in [-0.25, -0.2) is 8.96 Å². The molecule has 10 heteroatoms. The van der Waals surface area contributed by atoms with E-state index >= 15 is 0 Å². The van der Waals surface area contributed by atoms with Crippen LogP contribution in [0.2, 0.25) is 0 Å². The second-order valence-electron chi connectivity index (χ2n) is 5.35. The average molecular weight is 378 g/mol. The third kappa shape index (κ3) is 7.83. The highest BCUT2D eigenvalue weighted by Crippen LogP contribution is 2.42. The molecule has 0 fully saturated rings. The average Bonchev–Trinajstić information content (AvgIpc) is 2.56. The topological polar surface area (TPSA) is 131 Å². The summed E-state index contributed by atoms with van der Waals surface area (Å²) in [5, 5.41) is 2.51. The number of carbonyl (C=O) groups excluding carboxylic acids is 1. The Kier molecular flexibility index (Phi) is 8.85. The van der Waals surface area contributed by atoms with E-state index in [1.54, 1.807) is 0 Å². The fraction of sp³-hybridized carbons (Fsp3) is 0.533. The van der Waals surface area contributed by atoms with E-state index in [0.29, 0.717) is 13.1 Å². The van der Waals surface area contributed by atoms with E-state index in [4.69, 9.17) is 20.3 Å². The maximum Gasteiger partial charge on any atom is 0.524 e. The maximum atomic E-state index is 14.3. The summed E-state index contributed by atoms with van der Waals surface area (Å²) in [6.45, 7) is 0.989. The van der Waals surface area contributed by atoms with E-state index < -0.39 is 19.9 Å². The summed E-state index contributed by atoms with van der Waals surface area (Å²) in [5.74, 6) is -1.12. The SMILES string of the molecule is COc1cc(C(F)C(=O)NCCCCCCN)ccc1OP(=O)(O)O. The second-order valence-corrected chi connectivity index (χ2v) is 6.51. The van der Waals surface area contributed by atoms with Gasteiger partial charge in [-0.15, -0.1) is 0 Å². The van der Waals surface area contributed by atoms with Crippen molar-refractivity contribution in [2.45, 2.75) is 31.9 Å². The van der Waals surface area contributed by atoms with Crippen LogP contribution in [0, 0.1) is 0 Å². The first-order valence-corrected chi connectivity index (χ1v) is 9.36. The first-order valence-electron chi connectivity index (χ1n) is 7.83. The van der Waals surface area contributed by atoms with Crippen LogP contribution in [0.15, 0.2) is 18.2 Å². The van der Waals surface area contributed by atoms with Gasteiger partial charge >= 0.3 is 7.82 Å². The zero-order valence-corrected chi connectivity index (χ0v) is 14.9. The van der Waals surface area contributed by atoms with Gasteiger partial charge in [-0.3, -0.25) is 14.6 Å². The zero-order valence-electron chi connectivity index (χ0n) is 14.0. The van der Waals surface area contributed by atoms with Crippen molar-refractivity contribution < 1.29 is 32.8 Å². The predicted octanol–water partition coefficient (Wildman–Crippen LogP) is 1.81. The molecule has 0 heterocycles. The minimum absolute atomic E-state index is 0.00413. The van der Waals surface area contributed by atoms with Crippen LogP contribution >= 0.6 is 7.82 Å². The monoisotopic (exact) mass is 378 g/mol. The lowest BCUT2D eigenvalue weighted by Gasteiger charge is -2.14. The second kappa shape index (κ2) is 10.4. The molecular weight excluding hydrogens is 354 g/mol. The Balaban J connectivity index is 2.63. The summed E-state index contributed by atoms with van der Waals surface area (Å²) in [6.07, 6.45) is 1.58. The third-order valence-corrected chi connectivity index (χ3v) is 3.79. The number of benzene rings is 1. The number of unbranched alkanes of at least 4 members (excludes halogenated alkanes) is 3. The zero-order chi connectivity index (χ0) is 18.9. The fourth-order valence-electron chi connectivity index (χ4n) is 2.12. The molecule has 0 bridgehead atoms. The lowest BCUT2D eigenvalue weighted by molar-refractivity contribution is -0.126. The van der Waals surface area contributed by atoms with Crippen molar-refractivity contribution in [1.82, 2.24) is 5.32 Å². The van der Waals surface area contributed by atoms with E-state index in [-0.39, 0.29) is 17.1 Å². The van der Waals surface area contributed by atoms with Crippen LogP contribution in [0.4, 0.5) is 4.39 Å². The van der Waals surface area contributed by atoms with Crippen LogP contribution in [0.5, 0.6) is 11.5 Å². The number of hydrogen-bond donors (Lipinski definition) is 4. The smallest absolute Gasteiger partial charge is 0.493 e. The van der Waals surface area contributed by atoms with Gasteiger partial charge in [0.2, 0.25) is 6.17 Å². The normalized spacial score (nSPS) is 12.5. The number of phosphoric acid groups is 1. The molecule has 8 nitrogen and oxygen atoms in total. The van der Waals surface area contributed by atoms with Crippen molar-refractivity contribution in [3.63, 3.8) is 0 Å². The van der Waals surface area contributed by atoms with Crippen molar-refractivity contribution in [2.24, 2.45) is 5.73 Å². The first kappa shape index (κ1) is 21.4. The van der Waals surface area contributed by atoms with Gasteiger partial charge < -0.3 is 20.3 Å². The number of halogens is 1. The van der Waals surface area contributed by atoms with Crippen LogP contribution < -0.4 is 20.3 Å². The molecule has 0 saturated carbocycles. The van der Waals surface area contributed by atoms with E-state index in [2.05, 4.69) is 9.84 Å². The number of amides is 1. The maximum absolute atomic E-state index is 14.3. The highest BCUT2D eigenvalue weighted by Gasteiger charge is 2.23. The summed E-state index contributed by atoms with van der Waals surface area (Å²) in [7, 11) is -3.54. The Morgan fingerprint density at radius 1 is 1.28 bits per heavy atom. The molecule has 1 unspecified atom stereocenters. The predicted molar refractivity (Wildman–Crippen MR) is 90.0 cm³/mol. The molecule has 1 atom stereocenters. The number of ether oxygens (including phenoxy) is 1. The van der Waals surface area contributed by atoms with Gasteiger partial charge in [0, 0.05) is 6.54 Å². The minimum atomic E-state index is -4.77. The van der Waals surface area contributed by atoms with Gasteiger partial charge in [0.05, 0.1) is 7.11 Å². The van der Waals surface area contributed by atoms with Crippen molar-refractivity contribution in [3.05, 3.63) is 23.8 Å². The van der Waals surface area contributed by atoms with Gasteiger partial charge in [-0.1, -0.05) is 18.9 Å². The molecule has 0 aliphatic carbocycles. The Hall–Kier alpha value is -1.67. The highest BCUT2D eigenvalue weighted by atomic mass is 31.2. The molecule has 0 saturated heterocycles. The number of nitrogens with one attached hydrogen (secondary N) is 1. The quantitative estimate of drug-likeness (QED) is 0.341. The molecule has 1 amide bonds. The molecule has 1 aromatic carbocycles. The van der Waals surface area contributed by atoms with Crippen LogP contribution in [0.3, 0.4) is 0 Å². The number of rotatable bonds is 11. The highest BCUT2D eigenvalue weighted by molar-refractivity contribution is 7.46. The molecule has 142 valence electrons. The lowest BCUT2D eigenvalue weighted by atomic mass is 10.1. The first-order chi connectivity index (χ1) is 11.8. The largest absolute Gasteiger partial charge is 0.524 e. The molecule has 25 heavy (non-hydrogen) atoms. The van der Waals surface area contributed by atoms with Crippen LogP contribution in [0.1, 0.15) is 37.4 Å². The Morgan fingerprint density at radius 3 is 2.56 bits per heavy atom. The Labute approximate surface area is 145 Å². The van der Waals surface area contributed by atoms with Crippen molar-refractivity contribution in [1.29, 1.82) is 0 Å². The van der Waals surface area contributed by atoms with Crippen LogP contribution in [-0.2, 0) is 9.36 Å². The molecule has 5 N–H and O–H groups in total. The minimum Gasteiger partial charge on any atom is -0.493 e. The fourth-order valence-corrected chi connectivity index (χ4v) is 2.53. The van der Waals surface area contributed by atoms with E-state index in [0.717, 1.165) is 37.8 Å². The van der Waals surface area contributed by atoms with Crippen LogP contribution in [-0.4, -0.2) is 35.9 Å². The standard InChI is InChI=1S/C15H24FN2O6P/c1-23-13-10-11(6-7-12(13)24-25(20,21)22)14(16)15(19)18-9-5-3-2-4-8-17/h6-7,10,14H,2-5,8-9,17H2,1H3,(H,18,19)(H2,20,21,22). The van der Waals surface area contributed by atoms with Gasteiger partial charge in [0.25, 0.3) is 5.91 Å². The number of carbonyl (C=O) groups is 1.